The van der Waals surface area contributed by atoms with Crippen LogP contribution in [0.5, 0.6) is 0 Å². The molecule has 17 heavy (non-hydrogen) atoms. The number of hydrogen-bond donors (Lipinski definition) is 3. The van der Waals surface area contributed by atoms with Crippen molar-refractivity contribution in [1.29, 1.82) is 0 Å². The Kier molecular flexibility index (Phi) is 7.73. The summed E-state index contributed by atoms with van der Waals surface area (Å²) >= 11 is 0. The first-order valence-electron chi connectivity index (χ1n) is 5.94. The Morgan fingerprint density at radius 1 is 1.18 bits per heavy atom. The molecule has 1 fully saturated rings. The fraction of sp³-hybridized carbons (Fsp3) is 1.00. The summed E-state index contributed by atoms with van der Waals surface area (Å²) in [5, 5.41) is 0. The Labute approximate surface area is 106 Å². The highest BCUT2D eigenvalue weighted by Crippen LogP contribution is 2.09. The summed E-state index contributed by atoms with van der Waals surface area (Å²) < 4.78 is 10.2. The maximum absolute atomic E-state index is 9.05. The van der Waals surface area contributed by atoms with Crippen LogP contribution in [0.15, 0.2) is 0 Å². The van der Waals surface area contributed by atoms with Gasteiger partial charge in [-0.2, -0.15) is 0 Å². The molecule has 1 atom stereocenters. The van der Waals surface area contributed by atoms with Crippen LogP contribution in [0, 0.1) is 0 Å². The molecule has 0 amide bonds. The van der Waals surface area contributed by atoms with E-state index in [-0.39, 0.29) is 0 Å². The fourth-order valence-corrected chi connectivity index (χ4v) is 1.70. The van der Waals surface area contributed by atoms with Gasteiger partial charge >= 0.3 is 8.56 Å². The average molecular weight is 282 g/mol. The second-order valence-electron chi connectivity index (χ2n) is 5.52. The van der Waals surface area contributed by atoms with Crippen LogP contribution >= 0.6 is 0 Å². The predicted molar refractivity (Wildman–Crippen MR) is 71.6 cm³/mol. The van der Waals surface area contributed by atoms with Gasteiger partial charge in [0.1, 0.15) is 6.10 Å². The zero-order valence-corrected chi connectivity index (χ0v) is 13.3. The molecule has 7 heteroatoms. The standard InChI is InChI=1S/C7H16O4Si.C3H10OSi/c1-12(8,9)4-2-3-10-5-7-6-11-7;1-5(2,3)4/h7-9H,2-6H2,1H3;4H,1-3H3. The van der Waals surface area contributed by atoms with Gasteiger partial charge < -0.3 is 23.9 Å². The van der Waals surface area contributed by atoms with Gasteiger partial charge in [-0.1, -0.05) is 0 Å². The van der Waals surface area contributed by atoms with Gasteiger partial charge in [-0.3, -0.25) is 0 Å². The zero-order chi connectivity index (χ0) is 13.5. The van der Waals surface area contributed by atoms with Crippen LogP contribution in [0.25, 0.3) is 0 Å². The van der Waals surface area contributed by atoms with Gasteiger partial charge in [0.15, 0.2) is 8.32 Å². The summed E-state index contributed by atoms with van der Waals surface area (Å²) in [6, 6.07) is 0.485. The van der Waals surface area contributed by atoms with Crippen LogP contribution in [-0.2, 0) is 9.47 Å². The third kappa shape index (κ3) is 22.0. The van der Waals surface area contributed by atoms with Crippen molar-refractivity contribution in [2.75, 3.05) is 19.8 Å². The van der Waals surface area contributed by atoms with Crippen molar-refractivity contribution < 1.29 is 23.9 Å². The summed E-state index contributed by atoms with van der Waals surface area (Å²) in [7, 11) is -4.44. The molecule has 5 nitrogen and oxygen atoms in total. The Balaban J connectivity index is 0.000000437. The highest BCUT2D eigenvalue weighted by Gasteiger charge is 2.23. The third-order valence-electron chi connectivity index (χ3n) is 1.65. The minimum atomic E-state index is -2.83. The van der Waals surface area contributed by atoms with Crippen molar-refractivity contribution >= 4 is 16.9 Å². The van der Waals surface area contributed by atoms with Gasteiger partial charge in [-0.15, -0.1) is 0 Å². The number of hydrogen-bond acceptors (Lipinski definition) is 5. The SMILES string of the molecule is C[Si](C)(C)O.C[Si](O)(O)CCCOCC1CO1. The predicted octanol–water partition coefficient (Wildman–Crippen LogP) is 0.662. The zero-order valence-electron chi connectivity index (χ0n) is 11.3. The van der Waals surface area contributed by atoms with Crippen molar-refractivity contribution in [3.63, 3.8) is 0 Å². The third-order valence-corrected chi connectivity index (χ3v) is 2.95. The first-order chi connectivity index (χ1) is 7.58. The molecular weight excluding hydrogens is 256 g/mol. The van der Waals surface area contributed by atoms with Crippen LogP contribution < -0.4 is 0 Å². The van der Waals surface area contributed by atoms with Crippen LogP contribution in [0.3, 0.4) is 0 Å². The van der Waals surface area contributed by atoms with E-state index in [9.17, 15) is 0 Å². The van der Waals surface area contributed by atoms with Gasteiger partial charge in [0.2, 0.25) is 0 Å². The molecule has 1 saturated heterocycles. The summed E-state index contributed by atoms with van der Waals surface area (Å²) in [6.07, 6.45) is 1.03. The van der Waals surface area contributed by atoms with Crippen LogP contribution in [0.4, 0.5) is 0 Å². The van der Waals surface area contributed by atoms with Crippen molar-refractivity contribution in [3.05, 3.63) is 0 Å². The number of rotatable bonds is 6. The van der Waals surface area contributed by atoms with E-state index in [1.807, 2.05) is 19.6 Å². The molecule has 0 spiro atoms. The van der Waals surface area contributed by atoms with Crippen LogP contribution in [-0.4, -0.2) is 57.2 Å². The maximum atomic E-state index is 9.05. The van der Waals surface area contributed by atoms with E-state index < -0.39 is 16.9 Å². The summed E-state index contributed by atoms with van der Waals surface area (Å²) in [5.74, 6) is 0. The van der Waals surface area contributed by atoms with E-state index in [4.69, 9.17) is 23.9 Å². The lowest BCUT2D eigenvalue weighted by atomic mass is 10.5. The molecule has 3 N–H and O–H groups in total. The molecule has 0 aromatic rings. The second-order valence-corrected chi connectivity index (χ2v) is 12.8. The minimum absolute atomic E-state index is 0.303. The Hall–Kier alpha value is 0.234. The molecule has 104 valence electrons. The summed E-state index contributed by atoms with van der Waals surface area (Å²) in [6.45, 7) is 9.22. The van der Waals surface area contributed by atoms with E-state index in [0.29, 0.717) is 25.4 Å². The molecule has 0 aromatic heterocycles. The van der Waals surface area contributed by atoms with Gasteiger partial charge in [0.25, 0.3) is 0 Å². The largest absolute Gasteiger partial charge is 0.433 e. The quantitative estimate of drug-likeness (QED) is 0.379. The molecule has 1 heterocycles. The van der Waals surface area contributed by atoms with Gasteiger partial charge in [0, 0.05) is 6.61 Å². The Bertz CT molecular complexity index is 190. The molecule has 1 aliphatic rings. The molecule has 0 saturated carbocycles. The molecule has 0 bridgehead atoms. The first-order valence-corrected chi connectivity index (χ1v) is 12.0. The minimum Gasteiger partial charge on any atom is -0.433 e. The van der Waals surface area contributed by atoms with Gasteiger partial charge in [0.05, 0.1) is 13.2 Å². The smallest absolute Gasteiger partial charge is 0.329 e. The van der Waals surface area contributed by atoms with E-state index in [2.05, 4.69) is 0 Å². The monoisotopic (exact) mass is 282 g/mol. The molecule has 0 aromatic carbocycles. The second kappa shape index (κ2) is 7.62. The summed E-state index contributed by atoms with van der Waals surface area (Å²) in [5.41, 5.74) is 0. The van der Waals surface area contributed by atoms with Crippen molar-refractivity contribution in [1.82, 2.24) is 0 Å². The van der Waals surface area contributed by atoms with Gasteiger partial charge in [-0.05, 0) is 38.7 Å². The molecule has 1 rings (SSSR count). The van der Waals surface area contributed by atoms with Crippen molar-refractivity contribution in [3.8, 4) is 0 Å². The Morgan fingerprint density at radius 2 is 1.65 bits per heavy atom. The lowest BCUT2D eigenvalue weighted by molar-refractivity contribution is 0.115. The van der Waals surface area contributed by atoms with Crippen LogP contribution in [0.1, 0.15) is 6.42 Å². The van der Waals surface area contributed by atoms with E-state index in [1.165, 1.54) is 6.55 Å². The highest BCUT2D eigenvalue weighted by molar-refractivity contribution is 6.68. The molecular formula is C10H26O5Si2. The lowest BCUT2D eigenvalue weighted by Gasteiger charge is -2.10. The number of ether oxygens (including phenoxy) is 2. The molecule has 0 aliphatic carbocycles. The van der Waals surface area contributed by atoms with Crippen LogP contribution in [0.2, 0.25) is 32.2 Å². The maximum Gasteiger partial charge on any atom is 0.329 e. The normalized spacial score (nSPS) is 19.6. The lowest BCUT2D eigenvalue weighted by Crippen LogP contribution is -2.29. The van der Waals surface area contributed by atoms with E-state index in [1.54, 1.807) is 0 Å². The molecule has 1 unspecified atom stereocenters. The first kappa shape index (κ1) is 17.2. The van der Waals surface area contributed by atoms with E-state index >= 15 is 0 Å². The highest BCUT2D eigenvalue weighted by atomic mass is 28.4. The fourth-order valence-electron chi connectivity index (χ4n) is 0.888. The summed E-state index contributed by atoms with van der Waals surface area (Å²) in [4.78, 5) is 26.8. The van der Waals surface area contributed by atoms with Gasteiger partial charge in [-0.25, -0.2) is 0 Å². The van der Waals surface area contributed by atoms with Crippen molar-refractivity contribution in [2.45, 2.75) is 44.8 Å². The van der Waals surface area contributed by atoms with Crippen molar-refractivity contribution in [2.24, 2.45) is 0 Å². The Morgan fingerprint density at radius 3 is 2.00 bits per heavy atom. The van der Waals surface area contributed by atoms with E-state index in [0.717, 1.165) is 13.0 Å². The molecule has 0 radical (unpaired) electrons. The molecule has 1 aliphatic heterocycles. The average Bonchev–Trinajstić information content (AvgIpc) is 2.81. The topological polar surface area (TPSA) is 82.5 Å². The number of epoxide rings is 1.